The lowest BCUT2D eigenvalue weighted by molar-refractivity contribution is 0.784. The molecular weight excluding hydrogens is 609 g/mol. The second-order valence-electron chi connectivity index (χ2n) is 13.7. The molecule has 0 aliphatic rings. The van der Waals surface area contributed by atoms with Gasteiger partial charge in [-0.2, -0.15) is 0 Å². The van der Waals surface area contributed by atoms with Crippen molar-refractivity contribution in [2.75, 3.05) is 0 Å². The fourth-order valence-electron chi connectivity index (χ4n) is 7.35. The molecule has 0 radical (unpaired) electrons. The number of hydrogen-bond donors (Lipinski definition) is 0. The maximum atomic E-state index is 5.67. The Balaban J connectivity index is 1.49. The van der Waals surface area contributed by atoms with Crippen LogP contribution in [0.4, 0.5) is 0 Å². The highest BCUT2D eigenvalue weighted by Gasteiger charge is 2.23. The Hall–Kier alpha value is -4.96. The summed E-state index contributed by atoms with van der Waals surface area (Å²) in [6.07, 6.45) is 10.6. The highest BCUT2D eigenvalue weighted by atomic mass is 15.2. The van der Waals surface area contributed by atoms with Gasteiger partial charge in [-0.05, 0) is 97.2 Å². The average molecular weight is 659 g/mol. The first kappa shape index (κ1) is 33.5. The minimum Gasteiger partial charge on any atom is -0.292 e. The van der Waals surface area contributed by atoms with Gasteiger partial charge in [0.1, 0.15) is 0 Å². The summed E-state index contributed by atoms with van der Waals surface area (Å²) in [6.45, 7) is 9.01. The smallest absolute Gasteiger partial charge is 0.159 e. The molecule has 4 nitrogen and oxygen atoms in total. The summed E-state index contributed by atoms with van der Waals surface area (Å²) >= 11 is 0. The Morgan fingerprint density at radius 3 is 1.24 bits per heavy atom. The Labute approximate surface area is 297 Å². The first-order valence-electron chi connectivity index (χ1n) is 18.9. The van der Waals surface area contributed by atoms with Gasteiger partial charge in [0.15, 0.2) is 11.6 Å². The van der Waals surface area contributed by atoms with E-state index in [2.05, 4.69) is 146 Å². The summed E-state index contributed by atoms with van der Waals surface area (Å²) in [5, 5.41) is 2.51. The number of hydrogen-bond acceptors (Lipinski definition) is 2. The van der Waals surface area contributed by atoms with Crippen molar-refractivity contribution in [3.05, 3.63) is 132 Å². The van der Waals surface area contributed by atoms with Crippen LogP contribution in [0.2, 0.25) is 0 Å². The normalized spacial score (nSPS) is 11.6. The lowest BCUT2D eigenvalue weighted by Gasteiger charge is -2.20. The minimum absolute atomic E-state index is 0.839. The van der Waals surface area contributed by atoms with Crippen LogP contribution in [-0.4, -0.2) is 19.1 Å². The molecule has 0 saturated heterocycles. The number of aromatic nitrogens is 4. The van der Waals surface area contributed by atoms with Crippen molar-refractivity contribution in [2.45, 2.75) is 91.9 Å². The Kier molecular flexibility index (Phi) is 10.3. The number of fused-ring (bicyclic) bond motifs is 2. The Morgan fingerprint density at radius 2 is 0.860 bits per heavy atom. The lowest BCUT2D eigenvalue weighted by atomic mass is 10.1. The third-order valence-corrected chi connectivity index (χ3v) is 9.90. The molecule has 50 heavy (non-hydrogen) atoms. The lowest BCUT2D eigenvalue weighted by Crippen LogP contribution is -2.14. The van der Waals surface area contributed by atoms with Crippen LogP contribution in [0.5, 0.6) is 0 Å². The molecule has 0 aliphatic carbocycles. The molecule has 4 heteroatoms. The summed E-state index contributed by atoms with van der Waals surface area (Å²) in [5.74, 6) is 1.91. The van der Waals surface area contributed by atoms with Crippen LogP contribution >= 0.6 is 0 Å². The summed E-state index contributed by atoms with van der Waals surface area (Å²) in [6, 6.07) is 40.3. The highest BCUT2D eigenvalue weighted by molar-refractivity contribution is 5.91. The van der Waals surface area contributed by atoms with Gasteiger partial charge in [-0.15, -0.1) is 0 Å². The predicted octanol–water partition coefficient (Wildman–Crippen LogP) is 12.3. The van der Waals surface area contributed by atoms with Gasteiger partial charge >= 0.3 is 0 Å². The van der Waals surface area contributed by atoms with Crippen LogP contribution in [0.1, 0.15) is 88.7 Å². The van der Waals surface area contributed by atoms with Crippen LogP contribution < -0.4 is 0 Å². The van der Waals surface area contributed by atoms with Crippen LogP contribution in [0, 0.1) is 0 Å². The summed E-state index contributed by atoms with van der Waals surface area (Å²) < 4.78 is 4.78. The van der Waals surface area contributed by atoms with Crippen molar-refractivity contribution < 1.29 is 0 Å². The largest absolute Gasteiger partial charge is 0.292 e. The van der Waals surface area contributed by atoms with E-state index in [4.69, 9.17) is 9.97 Å². The quantitative estimate of drug-likeness (QED) is 0.117. The van der Waals surface area contributed by atoms with E-state index < -0.39 is 0 Å². The monoisotopic (exact) mass is 658 g/mol. The van der Waals surface area contributed by atoms with E-state index in [1.54, 1.807) is 0 Å². The second-order valence-corrected chi connectivity index (χ2v) is 13.7. The van der Waals surface area contributed by atoms with Gasteiger partial charge in [0, 0.05) is 10.8 Å². The molecule has 0 N–H and O–H groups in total. The number of unbranched alkanes of at least 4 members (excludes halogenated alkanes) is 2. The van der Waals surface area contributed by atoms with Gasteiger partial charge in [-0.1, -0.05) is 126 Å². The molecular formula is C46H50N4. The molecule has 3 heterocycles. The van der Waals surface area contributed by atoms with E-state index in [-0.39, 0.29) is 0 Å². The van der Waals surface area contributed by atoms with E-state index in [1.165, 1.54) is 69.7 Å². The fraction of sp³-hybridized carbons (Fsp3) is 0.304. The minimum atomic E-state index is 0.839. The molecule has 3 aromatic heterocycles. The number of nitrogens with zero attached hydrogens (tertiary/aromatic N) is 4. The number of rotatable bonds is 14. The van der Waals surface area contributed by atoms with Gasteiger partial charge in [0.25, 0.3) is 0 Å². The van der Waals surface area contributed by atoms with Crippen LogP contribution in [0.25, 0.3) is 56.0 Å². The van der Waals surface area contributed by atoms with Gasteiger partial charge in [-0.25, -0.2) is 9.97 Å². The first-order chi connectivity index (χ1) is 24.6. The van der Waals surface area contributed by atoms with Gasteiger partial charge < -0.3 is 0 Å². The number of aryl methyl sites for hydroxylation is 4. The zero-order chi connectivity index (χ0) is 34.5. The molecule has 254 valence electrons. The Bertz CT molecular complexity index is 2050. The van der Waals surface area contributed by atoms with Crippen molar-refractivity contribution >= 4 is 21.8 Å². The second kappa shape index (κ2) is 15.3. The molecule has 0 unspecified atom stereocenters. The van der Waals surface area contributed by atoms with Crippen molar-refractivity contribution in [3.8, 4) is 34.2 Å². The van der Waals surface area contributed by atoms with E-state index in [0.29, 0.717) is 0 Å². The third kappa shape index (κ3) is 6.64. The highest BCUT2D eigenvalue weighted by Crippen LogP contribution is 2.37. The maximum Gasteiger partial charge on any atom is 0.159 e. The van der Waals surface area contributed by atoms with Crippen molar-refractivity contribution in [2.24, 2.45) is 0 Å². The topological polar surface area (TPSA) is 35.6 Å². The predicted molar refractivity (Wildman–Crippen MR) is 212 cm³/mol. The van der Waals surface area contributed by atoms with Crippen molar-refractivity contribution in [1.29, 1.82) is 0 Å². The van der Waals surface area contributed by atoms with E-state index >= 15 is 0 Å². The standard InChI is InChI=1S/C46H50N4/c1-5-9-19-33-25-27-41-37(29-33)31-43(35-21-13-11-14-22-35)49(41)45-39(17-7-3)48-46(40(47-45)18-8-4)50-42-28-26-34(20-10-6-2)30-38(42)32-44(50)36-23-15-12-16-24-36/h11-16,21-32H,5-10,17-20H2,1-4H3. The van der Waals surface area contributed by atoms with E-state index in [1.807, 2.05) is 0 Å². The zero-order valence-electron chi connectivity index (χ0n) is 30.3. The van der Waals surface area contributed by atoms with E-state index in [0.717, 1.165) is 72.9 Å². The molecule has 0 fully saturated rings. The summed E-state index contributed by atoms with van der Waals surface area (Å²) in [7, 11) is 0. The van der Waals surface area contributed by atoms with Crippen LogP contribution in [0.3, 0.4) is 0 Å². The summed E-state index contributed by atoms with van der Waals surface area (Å²) in [5.41, 5.74) is 11.9. The molecule has 0 amide bonds. The maximum absolute atomic E-state index is 5.67. The Morgan fingerprint density at radius 1 is 0.440 bits per heavy atom. The molecule has 0 spiro atoms. The molecule has 7 rings (SSSR count). The summed E-state index contributed by atoms with van der Waals surface area (Å²) in [4.78, 5) is 11.3. The van der Waals surface area contributed by atoms with E-state index in [9.17, 15) is 0 Å². The van der Waals surface area contributed by atoms with Crippen molar-refractivity contribution in [3.63, 3.8) is 0 Å². The third-order valence-electron chi connectivity index (χ3n) is 9.90. The van der Waals surface area contributed by atoms with Gasteiger partial charge in [0.2, 0.25) is 0 Å². The molecule has 0 bridgehead atoms. The SMILES string of the molecule is CCCCc1ccc2c(c1)cc(-c1ccccc1)n2-c1nc(CCC)c(-n2c(-c3ccccc3)cc3cc(CCCC)ccc32)nc1CCC. The number of benzene rings is 4. The average Bonchev–Trinajstić information content (AvgIpc) is 3.73. The van der Waals surface area contributed by atoms with Gasteiger partial charge in [0.05, 0.1) is 33.8 Å². The molecule has 0 atom stereocenters. The first-order valence-corrected chi connectivity index (χ1v) is 18.9. The van der Waals surface area contributed by atoms with Crippen LogP contribution in [-0.2, 0) is 25.7 Å². The molecule has 0 saturated carbocycles. The molecule has 0 aliphatic heterocycles. The zero-order valence-corrected chi connectivity index (χ0v) is 30.3. The van der Waals surface area contributed by atoms with Crippen LogP contribution in [0.15, 0.2) is 109 Å². The molecule has 7 aromatic rings. The van der Waals surface area contributed by atoms with Crippen molar-refractivity contribution in [1.82, 2.24) is 19.1 Å². The van der Waals surface area contributed by atoms with Gasteiger partial charge in [-0.3, -0.25) is 9.13 Å². The molecule has 4 aromatic carbocycles. The fourth-order valence-corrected chi connectivity index (χ4v) is 7.35.